The van der Waals surface area contributed by atoms with Gasteiger partial charge < -0.3 is 5.73 Å². The lowest BCUT2D eigenvalue weighted by molar-refractivity contribution is 0.0959. The van der Waals surface area contributed by atoms with E-state index in [1.165, 1.54) is 11.3 Å². The number of nitrogen functional groups attached to an aromatic ring is 1. The zero-order chi connectivity index (χ0) is 18.8. The molecule has 2 aromatic carbocycles. The van der Waals surface area contributed by atoms with Gasteiger partial charge in [-0.05, 0) is 30.7 Å². The number of carbonyl (C=O) groups is 1. The maximum Gasteiger partial charge on any atom is 0.283 e. The maximum absolute atomic E-state index is 12.5. The Hall–Kier alpha value is -3.03. The summed E-state index contributed by atoms with van der Waals surface area (Å²) in [5.74, 6) is -0.319. The van der Waals surface area contributed by atoms with Crippen molar-refractivity contribution in [1.82, 2.24) is 10.4 Å². The number of hydrogen-bond acceptors (Lipinski definition) is 6. The molecule has 0 spiro atoms. The highest BCUT2D eigenvalue weighted by Crippen LogP contribution is 2.33. The summed E-state index contributed by atoms with van der Waals surface area (Å²) < 4.78 is 1.09. The summed E-state index contributed by atoms with van der Waals surface area (Å²) in [5, 5.41) is 4.98. The Morgan fingerprint density at radius 2 is 1.81 bits per heavy atom. The van der Waals surface area contributed by atoms with Crippen LogP contribution in [0.4, 0.5) is 5.69 Å². The fourth-order valence-electron chi connectivity index (χ4n) is 2.59. The highest BCUT2D eigenvalue weighted by atomic mass is 32.1. The van der Waals surface area contributed by atoms with Crippen LogP contribution in [0.25, 0.3) is 20.7 Å². The fourth-order valence-corrected chi connectivity index (χ4v) is 4.47. The smallest absolute Gasteiger partial charge is 0.283 e. The average Bonchev–Trinajstić information content (AvgIpc) is 3.30. The number of nitrogens with zero attached hydrogens (tertiary/aromatic N) is 2. The van der Waals surface area contributed by atoms with Crippen molar-refractivity contribution in [3.63, 3.8) is 0 Å². The number of hydrogen-bond donors (Lipinski definition) is 2. The number of thiazole rings is 1. The van der Waals surface area contributed by atoms with Gasteiger partial charge in [-0.15, -0.1) is 22.7 Å². The number of nitrogens with two attached hydrogens (primary N) is 1. The zero-order valence-corrected chi connectivity index (χ0v) is 16.1. The van der Waals surface area contributed by atoms with Crippen LogP contribution < -0.4 is 11.2 Å². The lowest BCUT2D eigenvalue weighted by atomic mass is 10.2. The molecular weight excluding hydrogens is 376 g/mol. The minimum Gasteiger partial charge on any atom is -0.397 e. The molecule has 0 unspecified atom stereocenters. The number of aromatic nitrogens is 1. The molecule has 0 bridgehead atoms. The van der Waals surface area contributed by atoms with Crippen LogP contribution in [0.5, 0.6) is 0 Å². The second kappa shape index (κ2) is 7.30. The molecule has 1 amide bonds. The first-order valence-corrected chi connectivity index (χ1v) is 9.90. The van der Waals surface area contributed by atoms with Crippen LogP contribution in [0.3, 0.4) is 0 Å². The van der Waals surface area contributed by atoms with E-state index in [4.69, 9.17) is 5.73 Å². The van der Waals surface area contributed by atoms with Crippen LogP contribution in [-0.4, -0.2) is 16.6 Å². The van der Waals surface area contributed by atoms with Crippen LogP contribution in [-0.2, 0) is 0 Å². The van der Waals surface area contributed by atoms with E-state index < -0.39 is 0 Å². The van der Waals surface area contributed by atoms with Gasteiger partial charge in [0.2, 0.25) is 0 Å². The summed E-state index contributed by atoms with van der Waals surface area (Å²) in [6.07, 6.45) is 0. The van der Waals surface area contributed by atoms with Crippen LogP contribution in [0.15, 0.2) is 65.8 Å². The number of carbonyl (C=O) groups excluding carboxylic acids is 1. The monoisotopic (exact) mass is 392 g/mol. The molecule has 3 N–H and O–H groups in total. The standard InChI is InChI=1S/C20H16N4OS2/c1-12(20-22-15-9-5-6-10-16(15)27-20)23-24-19(25)18-14(21)11-17(26-18)13-7-3-2-4-8-13/h2-11H,21H2,1H3,(H,24,25)/b23-12-. The Bertz CT molecular complexity index is 1110. The van der Waals surface area contributed by atoms with E-state index in [1.807, 2.05) is 67.6 Å². The predicted octanol–water partition coefficient (Wildman–Crippen LogP) is 4.76. The first kappa shape index (κ1) is 17.4. The van der Waals surface area contributed by atoms with E-state index in [2.05, 4.69) is 15.5 Å². The molecular formula is C20H16N4OS2. The van der Waals surface area contributed by atoms with Gasteiger partial charge >= 0.3 is 0 Å². The van der Waals surface area contributed by atoms with Gasteiger partial charge in [0.1, 0.15) is 9.88 Å². The second-order valence-electron chi connectivity index (χ2n) is 5.89. The molecule has 0 saturated heterocycles. The van der Waals surface area contributed by atoms with Crippen LogP contribution in [0.1, 0.15) is 21.6 Å². The van der Waals surface area contributed by atoms with Crippen molar-refractivity contribution in [3.05, 3.63) is 70.5 Å². The Kier molecular flexibility index (Phi) is 4.70. The Morgan fingerprint density at radius 1 is 1.07 bits per heavy atom. The normalized spacial score (nSPS) is 11.7. The molecule has 2 heterocycles. The molecule has 7 heteroatoms. The van der Waals surface area contributed by atoms with Crippen molar-refractivity contribution >= 4 is 50.2 Å². The minimum absolute atomic E-state index is 0.319. The first-order valence-electron chi connectivity index (χ1n) is 8.27. The van der Waals surface area contributed by atoms with Gasteiger partial charge in [0.25, 0.3) is 5.91 Å². The third-order valence-corrected chi connectivity index (χ3v) is 6.30. The summed E-state index contributed by atoms with van der Waals surface area (Å²) in [6.45, 7) is 1.82. The summed E-state index contributed by atoms with van der Waals surface area (Å²) in [7, 11) is 0. The molecule has 0 saturated carbocycles. The van der Waals surface area contributed by atoms with Crippen molar-refractivity contribution in [2.45, 2.75) is 6.92 Å². The van der Waals surface area contributed by atoms with Crippen LogP contribution in [0, 0.1) is 0 Å². The van der Waals surface area contributed by atoms with Crippen molar-refractivity contribution in [1.29, 1.82) is 0 Å². The third-order valence-electron chi connectivity index (χ3n) is 3.95. The van der Waals surface area contributed by atoms with Gasteiger partial charge in [0.05, 0.1) is 21.6 Å². The van der Waals surface area contributed by atoms with E-state index in [-0.39, 0.29) is 5.91 Å². The molecule has 134 valence electrons. The highest BCUT2D eigenvalue weighted by Gasteiger charge is 2.15. The number of rotatable bonds is 4. The van der Waals surface area contributed by atoms with Crippen molar-refractivity contribution < 1.29 is 4.79 Å². The summed E-state index contributed by atoms with van der Waals surface area (Å²) in [6, 6.07) is 19.6. The molecule has 0 radical (unpaired) electrons. The van der Waals surface area contributed by atoms with Gasteiger partial charge in [-0.2, -0.15) is 5.10 Å². The molecule has 4 aromatic rings. The number of benzene rings is 2. The van der Waals surface area contributed by atoms with Gasteiger partial charge in [0.15, 0.2) is 0 Å². The van der Waals surface area contributed by atoms with Gasteiger partial charge in [-0.1, -0.05) is 42.5 Å². The minimum atomic E-state index is -0.319. The summed E-state index contributed by atoms with van der Waals surface area (Å²) in [5.41, 5.74) is 11.7. The zero-order valence-electron chi connectivity index (χ0n) is 14.5. The summed E-state index contributed by atoms with van der Waals surface area (Å²) >= 11 is 2.89. The van der Waals surface area contributed by atoms with E-state index >= 15 is 0 Å². The van der Waals surface area contributed by atoms with Gasteiger partial charge in [-0.3, -0.25) is 4.79 Å². The first-order chi connectivity index (χ1) is 13.1. The maximum atomic E-state index is 12.5. The largest absolute Gasteiger partial charge is 0.397 e. The Balaban J connectivity index is 1.53. The molecule has 27 heavy (non-hydrogen) atoms. The van der Waals surface area contributed by atoms with E-state index in [0.29, 0.717) is 16.3 Å². The lowest BCUT2D eigenvalue weighted by Gasteiger charge is -2.00. The number of nitrogens with one attached hydrogen (secondary N) is 1. The molecule has 0 aliphatic carbocycles. The van der Waals surface area contributed by atoms with Crippen LogP contribution >= 0.6 is 22.7 Å². The second-order valence-corrected chi connectivity index (χ2v) is 7.97. The molecule has 4 rings (SSSR count). The summed E-state index contributed by atoms with van der Waals surface area (Å²) in [4.78, 5) is 18.5. The van der Waals surface area contributed by atoms with E-state index in [9.17, 15) is 4.79 Å². The lowest BCUT2D eigenvalue weighted by Crippen LogP contribution is -2.19. The quantitative estimate of drug-likeness (QED) is 0.388. The predicted molar refractivity (Wildman–Crippen MR) is 113 cm³/mol. The van der Waals surface area contributed by atoms with Crippen molar-refractivity contribution in [2.75, 3.05) is 5.73 Å². The fraction of sp³-hybridized carbons (Fsp3) is 0.0500. The third kappa shape index (κ3) is 3.60. The van der Waals surface area contributed by atoms with Crippen molar-refractivity contribution in [2.24, 2.45) is 5.10 Å². The number of thiophene rings is 1. The Morgan fingerprint density at radius 3 is 2.59 bits per heavy atom. The topological polar surface area (TPSA) is 80.4 Å². The van der Waals surface area contributed by atoms with Gasteiger partial charge in [0, 0.05) is 4.88 Å². The van der Waals surface area contributed by atoms with E-state index in [0.717, 1.165) is 25.7 Å². The number of hydrazone groups is 1. The number of amides is 1. The van der Waals surface area contributed by atoms with Crippen molar-refractivity contribution in [3.8, 4) is 10.4 Å². The SMILES string of the molecule is C/C(=N/NC(=O)c1sc(-c2ccccc2)cc1N)c1nc2ccccc2s1. The number of fused-ring (bicyclic) bond motifs is 1. The van der Waals surface area contributed by atoms with Gasteiger partial charge in [-0.25, -0.2) is 10.4 Å². The molecule has 0 aliphatic heterocycles. The number of anilines is 1. The molecule has 0 atom stereocenters. The van der Waals surface area contributed by atoms with E-state index in [1.54, 1.807) is 11.3 Å². The highest BCUT2D eigenvalue weighted by molar-refractivity contribution is 7.20. The Labute approximate surface area is 164 Å². The molecule has 0 fully saturated rings. The molecule has 0 aliphatic rings. The molecule has 5 nitrogen and oxygen atoms in total. The number of para-hydroxylation sites is 1. The van der Waals surface area contributed by atoms with Crippen LogP contribution in [0.2, 0.25) is 0 Å². The molecule has 2 aromatic heterocycles. The average molecular weight is 393 g/mol.